The molecule has 0 spiro atoms. The van der Waals surface area contributed by atoms with Crippen LogP contribution in [0, 0.1) is 5.92 Å². The molecular formula is C17H30N2O2. The van der Waals surface area contributed by atoms with Gasteiger partial charge in [-0.15, -0.1) is 0 Å². The first kappa shape index (κ1) is 16.3. The summed E-state index contributed by atoms with van der Waals surface area (Å²) in [5, 5.41) is 0. The van der Waals surface area contributed by atoms with Crippen molar-refractivity contribution in [2.24, 2.45) is 5.92 Å². The van der Waals surface area contributed by atoms with Gasteiger partial charge in [-0.1, -0.05) is 32.1 Å². The van der Waals surface area contributed by atoms with Crippen molar-refractivity contribution >= 4 is 11.8 Å². The standard InChI is InChI=1S/C17H30N2O2/c1-18(2)17(21)15-11-7-13-19(15)16(20)12-6-10-14-8-4-3-5-9-14/h14-15H,3-13H2,1-2H3. The lowest BCUT2D eigenvalue weighted by Crippen LogP contribution is -2.45. The van der Waals surface area contributed by atoms with E-state index < -0.39 is 0 Å². The minimum Gasteiger partial charge on any atom is -0.347 e. The van der Waals surface area contributed by atoms with Gasteiger partial charge in [-0.2, -0.15) is 0 Å². The van der Waals surface area contributed by atoms with Crippen LogP contribution in [0.3, 0.4) is 0 Å². The highest BCUT2D eigenvalue weighted by molar-refractivity contribution is 5.88. The van der Waals surface area contributed by atoms with Gasteiger partial charge in [-0.3, -0.25) is 9.59 Å². The van der Waals surface area contributed by atoms with Gasteiger partial charge in [0.1, 0.15) is 6.04 Å². The average molecular weight is 294 g/mol. The van der Waals surface area contributed by atoms with Crippen LogP contribution >= 0.6 is 0 Å². The molecule has 0 N–H and O–H groups in total. The van der Waals surface area contributed by atoms with E-state index in [9.17, 15) is 9.59 Å². The third-order valence-electron chi connectivity index (χ3n) is 5.03. The van der Waals surface area contributed by atoms with Crippen molar-refractivity contribution < 1.29 is 9.59 Å². The van der Waals surface area contributed by atoms with E-state index in [1.165, 1.54) is 38.5 Å². The quantitative estimate of drug-likeness (QED) is 0.782. The zero-order chi connectivity index (χ0) is 15.2. The molecular weight excluding hydrogens is 264 g/mol. The lowest BCUT2D eigenvalue weighted by atomic mass is 9.86. The smallest absolute Gasteiger partial charge is 0.244 e. The predicted molar refractivity (Wildman–Crippen MR) is 83.9 cm³/mol. The fraction of sp³-hybridized carbons (Fsp3) is 0.882. The van der Waals surface area contributed by atoms with Gasteiger partial charge in [-0.25, -0.2) is 0 Å². The summed E-state index contributed by atoms with van der Waals surface area (Å²) in [5.74, 6) is 1.10. The van der Waals surface area contributed by atoms with E-state index in [2.05, 4.69) is 0 Å². The van der Waals surface area contributed by atoms with E-state index in [1.807, 2.05) is 4.90 Å². The van der Waals surface area contributed by atoms with E-state index in [0.717, 1.165) is 31.7 Å². The van der Waals surface area contributed by atoms with Gasteiger partial charge < -0.3 is 9.80 Å². The molecule has 1 aliphatic heterocycles. The molecule has 2 rings (SSSR count). The zero-order valence-corrected chi connectivity index (χ0v) is 13.6. The highest BCUT2D eigenvalue weighted by Gasteiger charge is 2.34. The Morgan fingerprint density at radius 1 is 1.05 bits per heavy atom. The van der Waals surface area contributed by atoms with Gasteiger partial charge in [0.25, 0.3) is 0 Å². The molecule has 0 bridgehead atoms. The van der Waals surface area contributed by atoms with Crippen LogP contribution < -0.4 is 0 Å². The van der Waals surface area contributed by atoms with E-state index >= 15 is 0 Å². The Morgan fingerprint density at radius 2 is 1.76 bits per heavy atom. The van der Waals surface area contributed by atoms with Crippen LogP contribution in [0.25, 0.3) is 0 Å². The molecule has 1 atom stereocenters. The molecule has 4 nitrogen and oxygen atoms in total. The lowest BCUT2D eigenvalue weighted by molar-refractivity contribution is -0.142. The lowest BCUT2D eigenvalue weighted by Gasteiger charge is -2.27. The molecule has 0 aromatic rings. The maximum atomic E-state index is 12.4. The number of rotatable bonds is 5. The summed E-state index contributed by atoms with van der Waals surface area (Å²) in [6.45, 7) is 0.756. The van der Waals surface area contributed by atoms with E-state index in [1.54, 1.807) is 19.0 Å². The highest BCUT2D eigenvalue weighted by Crippen LogP contribution is 2.28. The molecule has 4 heteroatoms. The number of likely N-dealkylation sites (tertiary alicyclic amines) is 1. The first-order chi connectivity index (χ1) is 10.1. The number of hydrogen-bond donors (Lipinski definition) is 0. The fourth-order valence-electron chi connectivity index (χ4n) is 3.78. The van der Waals surface area contributed by atoms with Gasteiger partial charge in [0.05, 0.1) is 0 Å². The van der Waals surface area contributed by atoms with Crippen LogP contribution in [0.15, 0.2) is 0 Å². The van der Waals surface area contributed by atoms with Crippen LogP contribution in [-0.2, 0) is 9.59 Å². The number of hydrogen-bond acceptors (Lipinski definition) is 2. The Balaban J connectivity index is 1.75. The Kier molecular flexibility index (Phi) is 6.07. The molecule has 2 aliphatic rings. The second-order valence-corrected chi connectivity index (χ2v) is 6.87. The summed E-state index contributed by atoms with van der Waals surface area (Å²) in [6.07, 6.45) is 11.4. The van der Waals surface area contributed by atoms with Crippen molar-refractivity contribution in [3.8, 4) is 0 Å². The number of carbonyl (C=O) groups excluding carboxylic acids is 2. The summed E-state index contributed by atoms with van der Waals surface area (Å²) < 4.78 is 0. The van der Waals surface area contributed by atoms with Crippen molar-refractivity contribution in [3.05, 3.63) is 0 Å². The molecule has 0 aromatic heterocycles. The minimum absolute atomic E-state index is 0.0770. The zero-order valence-electron chi connectivity index (χ0n) is 13.6. The third kappa shape index (κ3) is 4.45. The molecule has 120 valence electrons. The summed E-state index contributed by atoms with van der Waals surface area (Å²) in [6, 6.07) is -0.206. The number of nitrogens with zero attached hydrogens (tertiary/aromatic N) is 2. The topological polar surface area (TPSA) is 40.6 Å². The van der Waals surface area contributed by atoms with Crippen molar-refractivity contribution in [3.63, 3.8) is 0 Å². The van der Waals surface area contributed by atoms with Gasteiger partial charge >= 0.3 is 0 Å². The normalized spacial score (nSPS) is 23.3. The molecule has 0 radical (unpaired) electrons. The van der Waals surface area contributed by atoms with Crippen LogP contribution in [-0.4, -0.2) is 48.3 Å². The molecule has 2 fully saturated rings. The average Bonchev–Trinajstić information content (AvgIpc) is 2.96. The SMILES string of the molecule is CN(C)C(=O)C1CCCN1C(=O)CCCC1CCCCC1. The van der Waals surface area contributed by atoms with Crippen LogP contribution in [0.5, 0.6) is 0 Å². The summed E-state index contributed by atoms with van der Waals surface area (Å²) in [4.78, 5) is 27.9. The highest BCUT2D eigenvalue weighted by atomic mass is 16.2. The number of amides is 2. The van der Waals surface area contributed by atoms with Gasteiger partial charge in [-0.05, 0) is 31.6 Å². The maximum absolute atomic E-state index is 12.4. The van der Waals surface area contributed by atoms with Crippen molar-refractivity contribution in [2.75, 3.05) is 20.6 Å². The molecule has 1 aliphatic carbocycles. The number of carbonyl (C=O) groups is 2. The molecule has 2 amide bonds. The second kappa shape index (κ2) is 7.81. The predicted octanol–water partition coefficient (Wildman–Crippen LogP) is 2.82. The third-order valence-corrected chi connectivity index (χ3v) is 5.03. The van der Waals surface area contributed by atoms with Crippen LogP contribution in [0.1, 0.15) is 64.2 Å². The van der Waals surface area contributed by atoms with Gasteiger partial charge in [0, 0.05) is 27.1 Å². The summed E-state index contributed by atoms with van der Waals surface area (Å²) in [7, 11) is 3.54. The van der Waals surface area contributed by atoms with Crippen molar-refractivity contribution in [1.29, 1.82) is 0 Å². The Morgan fingerprint density at radius 3 is 2.43 bits per heavy atom. The van der Waals surface area contributed by atoms with Crippen molar-refractivity contribution in [2.45, 2.75) is 70.3 Å². The van der Waals surface area contributed by atoms with Crippen LogP contribution in [0.2, 0.25) is 0 Å². The minimum atomic E-state index is -0.206. The molecule has 1 heterocycles. The first-order valence-corrected chi connectivity index (χ1v) is 8.60. The van der Waals surface area contributed by atoms with E-state index in [0.29, 0.717) is 6.42 Å². The van der Waals surface area contributed by atoms with E-state index in [4.69, 9.17) is 0 Å². The fourth-order valence-corrected chi connectivity index (χ4v) is 3.78. The van der Waals surface area contributed by atoms with Crippen LogP contribution in [0.4, 0.5) is 0 Å². The molecule has 0 aromatic carbocycles. The maximum Gasteiger partial charge on any atom is 0.244 e. The monoisotopic (exact) mass is 294 g/mol. The van der Waals surface area contributed by atoms with E-state index in [-0.39, 0.29) is 17.9 Å². The number of likely N-dealkylation sites (N-methyl/N-ethyl adjacent to an activating group) is 1. The molecule has 1 unspecified atom stereocenters. The Hall–Kier alpha value is -1.06. The molecule has 1 saturated heterocycles. The molecule has 21 heavy (non-hydrogen) atoms. The summed E-state index contributed by atoms with van der Waals surface area (Å²) >= 11 is 0. The van der Waals surface area contributed by atoms with Crippen molar-refractivity contribution in [1.82, 2.24) is 9.80 Å². The van der Waals surface area contributed by atoms with Gasteiger partial charge in [0.15, 0.2) is 0 Å². The van der Waals surface area contributed by atoms with Gasteiger partial charge in [0.2, 0.25) is 11.8 Å². The largest absolute Gasteiger partial charge is 0.347 e. The molecule has 1 saturated carbocycles. The summed E-state index contributed by atoms with van der Waals surface area (Å²) in [5.41, 5.74) is 0. The second-order valence-electron chi connectivity index (χ2n) is 6.87. The Bertz CT molecular complexity index is 362. The Labute approximate surface area is 128 Å². The first-order valence-electron chi connectivity index (χ1n) is 8.60.